The van der Waals surface area contributed by atoms with Gasteiger partial charge in [0.05, 0.1) is 15.7 Å². The third kappa shape index (κ3) is 2.78. The summed E-state index contributed by atoms with van der Waals surface area (Å²) in [7, 11) is 0. The average molecular weight is 406 g/mol. The highest BCUT2D eigenvalue weighted by atomic mass is 35.5. The van der Waals surface area contributed by atoms with Gasteiger partial charge < -0.3 is 15.5 Å². The molecule has 0 aliphatic carbocycles. The largest absolute Gasteiger partial charge is 0.367 e. The Labute approximate surface area is 168 Å². The van der Waals surface area contributed by atoms with Crippen LogP contribution in [0.1, 0.15) is 23.5 Å². The second kappa shape index (κ2) is 6.83. The topological polar surface area (TPSA) is 27.3 Å². The maximum Gasteiger partial charge on any atom is 0.0827 e. The molecule has 3 aliphatic heterocycles. The Bertz CT molecular complexity index is 857. The molecular weight excluding hydrogens is 385 g/mol. The monoisotopic (exact) mass is 405 g/mol. The summed E-state index contributed by atoms with van der Waals surface area (Å²) in [5.41, 5.74) is 6.40. The molecule has 3 heterocycles. The van der Waals surface area contributed by atoms with Crippen molar-refractivity contribution < 1.29 is 0 Å². The third-order valence-electron chi connectivity index (χ3n) is 5.72. The Morgan fingerprint density at radius 2 is 2.15 bits per heavy atom. The average Bonchev–Trinajstić information content (AvgIpc) is 2.81. The molecule has 0 bridgehead atoms. The maximum atomic E-state index is 6.39. The van der Waals surface area contributed by atoms with E-state index < -0.39 is 0 Å². The Balaban J connectivity index is 1.58. The van der Waals surface area contributed by atoms with Gasteiger partial charge >= 0.3 is 0 Å². The number of thioether (sulfide) groups is 1. The van der Waals surface area contributed by atoms with Crippen molar-refractivity contribution in [2.75, 3.05) is 35.6 Å². The van der Waals surface area contributed by atoms with Crippen LogP contribution in [0.25, 0.3) is 0 Å². The molecular formula is C20H21Cl2N3S. The van der Waals surface area contributed by atoms with E-state index in [9.17, 15) is 0 Å². The molecule has 6 heteroatoms. The molecule has 1 saturated heterocycles. The number of hydrogen-bond acceptors (Lipinski definition) is 4. The zero-order valence-electron chi connectivity index (χ0n) is 14.4. The first-order valence-corrected chi connectivity index (χ1v) is 11.1. The number of halogens is 2. The summed E-state index contributed by atoms with van der Waals surface area (Å²) in [6, 6.07) is 11.0. The number of rotatable bonds is 2. The first-order chi connectivity index (χ1) is 12.7. The molecule has 5 rings (SSSR count). The highest BCUT2D eigenvalue weighted by molar-refractivity contribution is 7.98. The van der Waals surface area contributed by atoms with E-state index >= 15 is 0 Å². The number of benzene rings is 2. The van der Waals surface area contributed by atoms with E-state index in [0.717, 1.165) is 30.2 Å². The molecule has 0 unspecified atom stereocenters. The summed E-state index contributed by atoms with van der Waals surface area (Å²) in [5, 5.41) is 8.26. The van der Waals surface area contributed by atoms with Crippen LogP contribution in [0.2, 0.25) is 10.0 Å². The lowest BCUT2D eigenvalue weighted by Crippen LogP contribution is -2.44. The van der Waals surface area contributed by atoms with E-state index in [2.05, 4.69) is 27.7 Å². The number of piperidine rings is 1. The number of nitrogens with zero attached hydrogens (tertiary/aromatic N) is 1. The SMILES string of the molecule is Clc1cccc(Nc2cc3c4c(c2)[C@@H]2CNCC[C@@H]2N4CCSC3)c1Cl. The van der Waals surface area contributed by atoms with Crippen molar-refractivity contribution in [3.63, 3.8) is 0 Å². The van der Waals surface area contributed by atoms with E-state index in [-0.39, 0.29) is 0 Å². The van der Waals surface area contributed by atoms with Gasteiger partial charge in [-0.1, -0.05) is 29.3 Å². The van der Waals surface area contributed by atoms with Crippen LogP contribution in [-0.2, 0) is 5.75 Å². The molecule has 2 aromatic rings. The van der Waals surface area contributed by atoms with Crippen molar-refractivity contribution in [1.29, 1.82) is 0 Å². The van der Waals surface area contributed by atoms with Crippen LogP contribution in [0, 0.1) is 0 Å². The van der Waals surface area contributed by atoms with Crippen molar-refractivity contribution in [1.82, 2.24) is 5.32 Å². The molecule has 136 valence electrons. The highest BCUT2D eigenvalue weighted by Gasteiger charge is 2.41. The van der Waals surface area contributed by atoms with E-state index in [0.29, 0.717) is 22.0 Å². The summed E-state index contributed by atoms with van der Waals surface area (Å²) < 4.78 is 0. The summed E-state index contributed by atoms with van der Waals surface area (Å²) in [6.45, 7) is 3.36. The molecule has 2 aromatic carbocycles. The smallest absolute Gasteiger partial charge is 0.0827 e. The molecule has 0 aromatic heterocycles. The first-order valence-electron chi connectivity index (χ1n) is 9.15. The van der Waals surface area contributed by atoms with E-state index in [1.807, 2.05) is 30.0 Å². The quantitative estimate of drug-likeness (QED) is 0.713. The zero-order valence-corrected chi connectivity index (χ0v) is 16.7. The molecule has 2 atom stereocenters. The molecule has 0 amide bonds. The Morgan fingerprint density at radius 1 is 1.23 bits per heavy atom. The normalized spacial score (nSPS) is 24.0. The minimum atomic E-state index is 0.578. The van der Waals surface area contributed by atoms with Gasteiger partial charge in [0.15, 0.2) is 0 Å². The zero-order chi connectivity index (χ0) is 17.7. The van der Waals surface area contributed by atoms with E-state index in [1.165, 1.54) is 35.5 Å². The molecule has 0 spiro atoms. The van der Waals surface area contributed by atoms with Crippen molar-refractivity contribution in [3.05, 3.63) is 51.5 Å². The minimum Gasteiger partial charge on any atom is -0.367 e. The lowest BCUT2D eigenvalue weighted by Gasteiger charge is -2.33. The number of nitrogens with one attached hydrogen (secondary N) is 2. The van der Waals surface area contributed by atoms with Crippen molar-refractivity contribution in [2.45, 2.75) is 24.1 Å². The fraction of sp³-hybridized carbons (Fsp3) is 0.400. The fourth-order valence-corrected chi connectivity index (χ4v) is 5.87. The predicted octanol–water partition coefficient (Wildman–Crippen LogP) is 5.25. The number of fused-ring (bicyclic) bond motifs is 3. The van der Waals surface area contributed by atoms with Gasteiger partial charge in [-0.15, -0.1) is 0 Å². The van der Waals surface area contributed by atoms with Gasteiger partial charge in [-0.25, -0.2) is 0 Å². The van der Waals surface area contributed by atoms with Gasteiger partial charge in [-0.05, 0) is 48.4 Å². The second-order valence-corrected chi connectivity index (χ2v) is 9.10. The van der Waals surface area contributed by atoms with Crippen molar-refractivity contribution in [3.8, 4) is 0 Å². The molecule has 3 nitrogen and oxygen atoms in total. The summed E-state index contributed by atoms with van der Waals surface area (Å²) in [6.07, 6.45) is 1.23. The molecule has 3 aliphatic rings. The number of anilines is 3. The van der Waals surface area contributed by atoms with Crippen LogP contribution in [0.3, 0.4) is 0 Å². The molecule has 0 saturated carbocycles. The van der Waals surface area contributed by atoms with Gasteiger partial charge in [0.25, 0.3) is 0 Å². The van der Waals surface area contributed by atoms with Crippen LogP contribution >= 0.6 is 35.0 Å². The lowest BCUT2D eigenvalue weighted by molar-refractivity contribution is 0.406. The van der Waals surface area contributed by atoms with Gasteiger partial charge in [-0.3, -0.25) is 0 Å². The van der Waals surface area contributed by atoms with E-state index in [4.69, 9.17) is 23.2 Å². The van der Waals surface area contributed by atoms with Gasteiger partial charge in [0, 0.05) is 47.9 Å². The Kier molecular flexibility index (Phi) is 4.48. The maximum absolute atomic E-state index is 6.39. The summed E-state index contributed by atoms with van der Waals surface area (Å²) in [5.74, 6) is 2.86. The summed E-state index contributed by atoms with van der Waals surface area (Å²) >= 11 is 14.6. The van der Waals surface area contributed by atoms with Crippen LogP contribution in [0.15, 0.2) is 30.3 Å². The van der Waals surface area contributed by atoms with Crippen LogP contribution in [-0.4, -0.2) is 31.4 Å². The lowest BCUT2D eigenvalue weighted by atomic mass is 9.89. The van der Waals surface area contributed by atoms with Crippen molar-refractivity contribution in [2.24, 2.45) is 0 Å². The van der Waals surface area contributed by atoms with Gasteiger partial charge in [0.1, 0.15) is 0 Å². The predicted molar refractivity (Wildman–Crippen MR) is 114 cm³/mol. The standard InChI is InChI=1S/C20H21Cl2N3S/c21-16-2-1-3-17(19(16)22)24-13-8-12-11-26-7-6-25-18-4-5-23-10-15(18)14(9-13)20(12)25/h1-3,8-9,15,18,23-24H,4-7,10-11H2/t15-,18-/m0/s1. The van der Waals surface area contributed by atoms with Crippen LogP contribution in [0.4, 0.5) is 17.1 Å². The van der Waals surface area contributed by atoms with Gasteiger partial charge in [0.2, 0.25) is 0 Å². The second-order valence-electron chi connectivity index (χ2n) is 7.21. The minimum absolute atomic E-state index is 0.578. The Hall–Kier alpha value is -1.07. The fourth-order valence-electron chi connectivity index (χ4n) is 4.61. The van der Waals surface area contributed by atoms with E-state index in [1.54, 1.807) is 0 Å². The molecule has 26 heavy (non-hydrogen) atoms. The molecule has 2 N–H and O–H groups in total. The first kappa shape index (κ1) is 17.1. The number of hydrogen-bond donors (Lipinski definition) is 2. The molecule has 1 fully saturated rings. The van der Waals surface area contributed by atoms with Gasteiger partial charge in [-0.2, -0.15) is 11.8 Å². The van der Waals surface area contributed by atoms with Crippen molar-refractivity contribution >= 4 is 52.0 Å². The molecule has 0 radical (unpaired) electrons. The third-order valence-corrected chi connectivity index (χ3v) is 7.52. The Morgan fingerprint density at radius 3 is 3.08 bits per heavy atom. The van der Waals surface area contributed by atoms with Crippen LogP contribution < -0.4 is 15.5 Å². The highest BCUT2D eigenvalue weighted by Crippen LogP contribution is 2.49. The summed E-state index contributed by atoms with van der Waals surface area (Å²) in [4.78, 5) is 2.69. The van der Waals surface area contributed by atoms with Crippen LogP contribution in [0.5, 0.6) is 0 Å².